The number of hydrogen-bond donors (Lipinski definition) is 1. The van der Waals surface area contributed by atoms with Gasteiger partial charge in [0, 0.05) is 0 Å². The van der Waals surface area contributed by atoms with Crippen molar-refractivity contribution in [3.8, 4) is 0 Å². The Bertz CT molecular complexity index is 1240. The number of hydrogen-bond acceptors (Lipinski definition) is 6. The normalized spacial score (nSPS) is 29.6. The fraction of sp³-hybridized carbons (Fsp3) is 0.636. The number of carbonyl (C=O) groups excluding carboxylic acids is 2. The molecule has 0 amide bonds. The lowest BCUT2D eigenvalue weighted by Crippen LogP contribution is -2.59. The molecule has 1 aromatic rings. The minimum absolute atomic E-state index is 0.0203. The molecule has 3 atom stereocenters. The lowest BCUT2D eigenvalue weighted by Gasteiger charge is -2.58. The summed E-state index contributed by atoms with van der Waals surface area (Å²) in [6, 6.07) is 3.69. The van der Waals surface area contributed by atoms with E-state index >= 15 is 0 Å². The zero-order valence-corrected chi connectivity index (χ0v) is 21.8. The van der Waals surface area contributed by atoms with E-state index in [9.17, 15) is 40.0 Å². The first kappa shape index (κ1) is 28.9. The molecule has 4 saturated carbocycles. The third-order valence-corrected chi connectivity index (χ3v) is 9.07. The molecule has 3 unspecified atom stereocenters. The summed E-state index contributed by atoms with van der Waals surface area (Å²) in [4.78, 5) is 26.1. The maximum atomic E-state index is 14.0. The number of ether oxygens (including phenoxy) is 2. The van der Waals surface area contributed by atoms with Crippen LogP contribution in [0.15, 0.2) is 12.1 Å². The fourth-order valence-electron chi connectivity index (χ4n) is 7.02. The van der Waals surface area contributed by atoms with Gasteiger partial charge >= 0.3 is 33.5 Å². The Kier molecular flexibility index (Phi) is 7.25. The molecule has 1 N–H and O–H groups in total. The second-order valence-electron chi connectivity index (χ2n) is 10.9. The molecule has 0 spiro atoms. The van der Waals surface area contributed by atoms with Crippen molar-refractivity contribution in [1.82, 2.24) is 0 Å². The van der Waals surface area contributed by atoms with E-state index in [4.69, 9.17) is 9.29 Å². The monoisotopic (exact) mass is 562 g/mol. The standard InChI is InChI=1S/C22H26B3F5O7S/c23-8-14-13(3-12(24)4-15(14)25)17(31)37-20-5-9-1-10(6-20)16(11(2-9)7-20)18(32)36-19(21(26,27)28)22(29,30)38(33,34)35/h3-4,9-11,16,19H,1-2,5-8,23-25H2,(H,33,34,35). The first-order valence-corrected chi connectivity index (χ1v) is 13.8. The van der Waals surface area contributed by atoms with Gasteiger partial charge in [-0.25, -0.2) is 4.79 Å². The van der Waals surface area contributed by atoms with E-state index in [0.29, 0.717) is 31.1 Å². The van der Waals surface area contributed by atoms with Gasteiger partial charge in [-0.15, -0.1) is 0 Å². The van der Waals surface area contributed by atoms with Gasteiger partial charge < -0.3 is 9.47 Å². The summed E-state index contributed by atoms with van der Waals surface area (Å²) in [5.41, 5.74) is 2.13. The number of halogens is 5. The van der Waals surface area contributed by atoms with Crippen molar-refractivity contribution in [2.45, 2.75) is 61.6 Å². The Labute approximate surface area is 219 Å². The van der Waals surface area contributed by atoms with E-state index in [2.05, 4.69) is 4.74 Å². The van der Waals surface area contributed by atoms with Crippen LogP contribution in [-0.2, 0) is 30.7 Å². The lowest BCUT2D eigenvalue weighted by molar-refractivity contribution is -0.265. The quantitative estimate of drug-likeness (QED) is 0.210. The highest BCUT2D eigenvalue weighted by Gasteiger charge is 2.67. The van der Waals surface area contributed by atoms with Crippen LogP contribution in [0, 0.1) is 23.7 Å². The number of esters is 2. The van der Waals surface area contributed by atoms with E-state index < -0.39 is 62.9 Å². The first-order chi connectivity index (χ1) is 17.4. The number of carbonyl (C=O) groups is 2. The molecule has 4 fully saturated rings. The van der Waals surface area contributed by atoms with E-state index in [1.54, 1.807) is 6.07 Å². The second kappa shape index (κ2) is 9.53. The van der Waals surface area contributed by atoms with Gasteiger partial charge in [0.25, 0.3) is 6.10 Å². The molecule has 7 nitrogen and oxygen atoms in total. The average molecular weight is 562 g/mol. The molecule has 38 heavy (non-hydrogen) atoms. The Morgan fingerprint density at radius 1 is 1.08 bits per heavy atom. The van der Waals surface area contributed by atoms with Gasteiger partial charge in [-0.1, -0.05) is 29.4 Å². The van der Waals surface area contributed by atoms with Crippen molar-refractivity contribution in [3.05, 3.63) is 23.3 Å². The first-order valence-electron chi connectivity index (χ1n) is 12.3. The van der Waals surface area contributed by atoms with Crippen LogP contribution in [0.4, 0.5) is 22.0 Å². The van der Waals surface area contributed by atoms with Crippen molar-refractivity contribution in [3.63, 3.8) is 0 Å². The average Bonchev–Trinajstić information content (AvgIpc) is 2.74. The molecule has 206 valence electrons. The molecule has 1 aromatic carbocycles. The Morgan fingerprint density at radius 2 is 1.66 bits per heavy atom. The van der Waals surface area contributed by atoms with Gasteiger partial charge in [0.1, 0.15) is 29.1 Å². The zero-order chi connectivity index (χ0) is 28.4. The molecule has 16 heteroatoms. The van der Waals surface area contributed by atoms with Gasteiger partial charge in [-0.2, -0.15) is 30.4 Å². The van der Waals surface area contributed by atoms with Crippen molar-refractivity contribution in [2.24, 2.45) is 23.7 Å². The summed E-state index contributed by atoms with van der Waals surface area (Å²) in [7, 11) is -0.876. The van der Waals surface area contributed by atoms with Crippen LogP contribution in [-0.4, -0.2) is 71.6 Å². The third-order valence-electron chi connectivity index (χ3n) is 8.17. The molecule has 0 aromatic heterocycles. The highest BCUT2D eigenvalue weighted by atomic mass is 32.2. The number of rotatable bonds is 7. The Hall–Kier alpha value is -2.09. The van der Waals surface area contributed by atoms with Crippen LogP contribution in [0.25, 0.3) is 0 Å². The topological polar surface area (TPSA) is 107 Å². The summed E-state index contributed by atoms with van der Waals surface area (Å²) in [5, 5.41) is -5.79. The predicted octanol–water partition coefficient (Wildman–Crippen LogP) is -0.357. The second-order valence-corrected chi connectivity index (χ2v) is 12.4. The van der Waals surface area contributed by atoms with Crippen molar-refractivity contribution < 1.29 is 54.0 Å². The van der Waals surface area contributed by atoms with Crippen LogP contribution in [0.1, 0.15) is 48.0 Å². The molecule has 4 aliphatic carbocycles. The van der Waals surface area contributed by atoms with Crippen LogP contribution in [0.3, 0.4) is 0 Å². The fourth-order valence-corrected chi connectivity index (χ4v) is 7.47. The largest absolute Gasteiger partial charge is 0.455 e. The molecule has 4 bridgehead atoms. The summed E-state index contributed by atoms with van der Waals surface area (Å²) in [6.07, 6.45) is -8.10. The number of benzene rings is 1. The molecular weight excluding hydrogens is 536 g/mol. The Balaban J connectivity index is 1.56. The summed E-state index contributed by atoms with van der Waals surface area (Å²) >= 11 is 0. The molecule has 0 radical (unpaired) electrons. The van der Waals surface area contributed by atoms with E-state index in [1.165, 1.54) is 0 Å². The van der Waals surface area contributed by atoms with E-state index in [0.717, 1.165) is 16.5 Å². The molecule has 0 saturated heterocycles. The van der Waals surface area contributed by atoms with Crippen LogP contribution < -0.4 is 10.9 Å². The minimum Gasteiger partial charge on any atom is -0.455 e. The van der Waals surface area contributed by atoms with Crippen molar-refractivity contribution in [2.75, 3.05) is 0 Å². The van der Waals surface area contributed by atoms with Gasteiger partial charge in [0.2, 0.25) is 0 Å². The Morgan fingerprint density at radius 3 is 2.16 bits per heavy atom. The third kappa shape index (κ3) is 5.10. The van der Waals surface area contributed by atoms with Gasteiger partial charge in [-0.05, 0) is 55.4 Å². The van der Waals surface area contributed by atoms with E-state index in [1.807, 2.05) is 29.6 Å². The highest BCUT2D eigenvalue weighted by Crippen LogP contribution is 2.60. The van der Waals surface area contributed by atoms with Crippen LogP contribution in [0.5, 0.6) is 0 Å². The van der Waals surface area contributed by atoms with Crippen molar-refractivity contribution >= 4 is 56.5 Å². The number of alkyl halides is 5. The zero-order valence-electron chi connectivity index (χ0n) is 21.0. The maximum Gasteiger partial charge on any atom is 0.432 e. The highest BCUT2D eigenvalue weighted by molar-refractivity contribution is 7.86. The summed E-state index contributed by atoms with van der Waals surface area (Å²) in [5.74, 6) is -4.51. The molecule has 5 rings (SSSR count). The van der Waals surface area contributed by atoms with E-state index in [-0.39, 0.29) is 18.8 Å². The summed E-state index contributed by atoms with van der Waals surface area (Å²) < 4.78 is 109. The lowest BCUT2D eigenvalue weighted by atomic mass is 9.50. The smallest absolute Gasteiger partial charge is 0.432 e. The summed E-state index contributed by atoms with van der Waals surface area (Å²) in [6.45, 7) is 0. The van der Waals surface area contributed by atoms with Gasteiger partial charge in [0.05, 0.1) is 11.5 Å². The van der Waals surface area contributed by atoms with Crippen molar-refractivity contribution in [1.29, 1.82) is 0 Å². The molecule has 0 heterocycles. The maximum absolute atomic E-state index is 14.0. The predicted molar refractivity (Wildman–Crippen MR) is 133 cm³/mol. The molecular formula is C22H26B3F5O7S. The molecule has 0 aliphatic heterocycles. The van der Waals surface area contributed by atoms with Crippen LogP contribution in [0.2, 0.25) is 0 Å². The van der Waals surface area contributed by atoms with Crippen LogP contribution >= 0.6 is 0 Å². The van der Waals surface area contributed by atoms with Gasteiger partial charge in [0.15, 0.2) is 0 Å². The minimum atomic E-state index is -6.53. The molecule has 4 aliphatic rings. The van der Waals surface area contributed by atoms with Gasteiger partial charge in [-0.3, -0.25) is 9.35 Å². The SMILES string of the molecule is BCc1c(B)cc(B)cc1C(=O)OC12CC3CC(C1)C(C(=O)OC(C(F)(F)F)C(F)(F)S(=O)(=O)O)C(C3)C2.